The highest BCUT2D eigenvalue weighted by molar-refractivity contribution is 7.14. The molecule has 0 aliphatic carbocycles. The first kappa shape index (κ1) is 23.2. The lowest BCUT2D eigenvalue weighted by atomic mass is 10.1. The van der Waals surface area contributed by atoms with E-state index in [2.05, 4.69) is 10.3 Å². The molecule has 2 aromatic heterocycles. The number of ether oxygens (including phenoxy) is 4. The first-order valence-corrected chi connectivity index (χ1v) is 11.2. The Morgan fingerprint density at radius 2 is 1.71 bits per heavy atom. The molecule has 2 aromatic carbocycles. The summed E-state index contributed by atoms with van der Waals surface area (Å²) in [6.07, 6.45) is 0. The number of rotatable bonds is 9. The summed E-state index contributed by atoms with van der Waals surface area (Å²) in [5, 5.41) is 5.18. The SMILES string of the molecule is COc1ccc(OCc2cc(C(=O)Nc3nc(-c4ccc(OC)c(OC)c4)cs3)c(C)o2)cc1. The van der Waals surface area contributed by atoms with E-state index in [9.17, 15) is 4.79 Å². The number of aromatic nitrogens is 1. The van der Waals surface area contributed by atoms with Crippen LogP contribution < -0.4 is 24.3 Å². The predicted octanol–water partition coefficient (Wildman–Crippen LogP) is 5.57. The Hall–Kier alpha value is -3.98. The Labute approximate surface area is 201 Å². The number of carbonyl (C=O) groups excluding carboxylic acids is 1. The van der Waals surface area contributed by atoms with Crippen molar-refractivity contribution in [2.45, 2.75) is 13.5 Å². The van der Waals surface area contributed by atoms with Crippen LogP contribution in [0.15, 0.2) is 58.3 Å². The van der Waals surface area contributed by atoms with Crippen LogP contribution in [0.5, 0.6) is 23.0 Å². The Morgan fingerprint density at radius 1 is 0.971 bits per heavy atom. The number of anilines is 1. The quantitative estimate of drug-likeness (QED) is 0.335. The molecule has 0 spiro atoms. The van der Waals surface area contributed by atoms with E-state index in [1.165, 1.54) is 11.3 Å². The van der Waals surface area contributed by atoms with Gasteiger partial charge in [0, 0.05) is 10.9 Å². The lowest BCUT2D eigenvalue weighted by Gasteiger charge is -2.08. The first-order valence-electron chi connectivity index (χ1n) is 10.4. The maximum atomic E-state index is 12.8. The molecule has 0 unspecified atom stereocenters. The normalized spacial score (nSPS) is 10.6. The van der Waals surface area contributed by atoms with Crippen molar-refractivity contribution in [2.75, 3.05) is 26.6 Å². The molecule has 0 saturated carbocycles. The van der Waals surface area contributed by atoms with Gasteiger partial charge >= 0.3 is 0 Å². The molecule has 0 saturated heterocycles. The molecule has 0 aliphatic heterocycles. The van der Waals surface area contributed by atoms with Gasteiger partial charge in [-0.15, -0.1) is 11.3 Å². The van der Waals surface area contributed by atoms with Crippen molar-refractivity contribution in [1.82, 2.24) is 4.98 Å². The van der Waals surface area contributed by atoms with Gasteiger partial charge in [-0.25, -0.2) is 4.98 Å². The average molecular weight is 481 g/mol. The second-order valence-electron chi connectivity index (χ2n) is 7.21. The third kappa shape index (κ3) is 5.15. The van der Waals surface area contributed by atoms with Crippen LogP contribution in [0.1, 0.15) is 21.9 Å². The maximum absolute atomic E-state index is 12.8. The second-order valence-corrected chi connectivity index (χ2v) is 8.07. The lowest BCUT2D eigenvalue weighted by Crippen LogP contribution is -2.11. The van der Waals surface area contributed by atoms with Gasteiger partial charge < -0.3 is 23.4 Å². The molecule has 34 heavy (non-hydrogen) atoms. The zero-order chi connectivity index (χ0) is 24.1. The summed E-state index contributed by atoms with van der Waals surface area (Å²) < 4.78 is 27.2. The standard InChI is InChI=1S/C25H24N2O6S/c1-15-20(12-19(33-15)13-32-18-8-6-17(29-2)7-9-18)24(28)27-25-26-21(14-34-25)16-5-10-22(30-3)23(11-16)31-4/h5-12,14H,13H2,1-4H3,(H,26,27,28). The lowest BCUT2D eigenvalue weighted by molar-refractivity contribution is 0.102. The van der Waals surface area contributed by atoms with Crippen LogP contribution in [0.4, 0.5) is 5.13 Å². The van der Waals surface area contributed by atoms with Crippen LogP contribution in [-0.4, -0.2) is 32.2 Å². The molecule has 8 nitrogen and oxygen atoms in total. The second kappa shape index (κ2) is 10.3. The van der Waals surface area contributed by atoms with Crippen molar-refractivity contribution in [3.8, 4) is 34.3 Å². The van der Waals surface area contributed by atoms with Crippen molar-refractivity contribution in [2.24, 2.45) is 0 Å². The van der Waals surface area contributed by atoms with Crippen molar-refractivity contribution >= 4 is 22.4 Å². The van der Waals surface area contributed by atoms with Crippen molar-refractivity contribution in [3.63, 3.8) is 0 Å². The molecular weight excluding hydrogens is 456 g/mol. The minimum atomic E-state index is -0.301. The van der Waals surface area contributed by atoms with Gasteiger partial charge in [-0.2, -0.15) is 0 Å². The molecule has 0 fully saturated rings. The summed E-state index contributed by atoms with van der Waals surface area (Å²) in [5.41, 5.74) is 2.00. The van der Waals surface area contributed by atoms with Crippen LogP contribution in [-0.2, 0) is 6.61 Å². The maximum Gasteiger partial charge on any atom is 0.260 e. The average Bonchev–Trinajstić information content (AvgIpc) is 3.48. The van der Waals surface area contributed by atoms with Gasteiger partial charge in [-0.05, 0) is 55.5 Å². The molecule has 9 heteroatoms. The smallest absolute Gasteiger partial charge is 0.260 e. The first-order chi connectivity index (χ1) is 16.5. The fourth-order valence-corrected chi connectivity index (χ4v) is 4.01. The van der Waals surface area contributed by atoms with Gasteiger partial charge in [0.25, 0.3) is 5.91 Å². The molecule has 0 aliphatic rings. The molecule has 1 amide bonds. The molecule has 4 rings (SSSR count). The van der Waals surface area contributed by atoms with E-state index in [0.29, 0.717) is 39.5 Å². The molecule has 0 radical (unpaired) electrons. The fourth-order valence-electron chi connectivity index (χ4n) is 3.29. The Morgan fingerprint density at radius 3 is 2.41 bits per heavy atom. The van der Waals surface area contributed by atoms with Gasteiger partial charge in [-0.1, -0.05) is 0 Å². The van der Waals surface area contributed by atoms with E-state index < -0.39 is 0 Å². The molecular formula is C25H24N2O6S. The summed E-state index contributed by atoms with van der Waals surface area (Å²) in [6.45, 7) is 1.93. The summed E-state index contributed by atoms with van der Waals surface area (Å²) >= 11 is 1.33. The zero-order valence-corrected chi connectivity index (χ0v) is 20.0. The van der Waals surface area contributed by atoms with Crippen molar-refractivity contribution < 1.29 is 28.2 Å². The largest absolute Gasteiger partial charge is 0.497 e. The minimum Gasteiger partial charge on any atom is -0.497 e. The van der Waals surface area contributed by atoms with Gasteiger partial charge in [0.15, 0.2) is 16.6 Å². The number of hydrogen-bond acceptors (Lipinski definition) is 8. The third-order valence-electron chi connectivity index (χ3n) is 5.06. The summed E-state index contributed by atoms with van der Waals surface area (Å²) in [4.78, 5) is 17.4. The van der Waals surface area contributed by atoms with E-state index in [1.807, 2.05) is 35.7 Å². The highest BCUT2D eigenvalue weighted by atomic mass is 32.1. The van der Waals surface area contributed by atoms with Crippen molar-refractivity contribution in [1.29, 1.82) is 0 Å². The highest BCUT2D eigenvalue weighted by Crippen LogP contribution is 2.33. The Balaban J connectivity index is 1.41. The molecule has 1 N–H and O–H groups in total. The van der Waals surface area contributed by atoms with Crippen LogP contribution >= 0.6 is 11.3 Å². The Kier molecular flexibility index (Phi) is 7.03. The van der Waals surface area contributed by atoms with Gasteiger partial charge in [-0.3, -0.25) is 10.1 Å². The van der Waals surface area contributed by atoms with E-state index in [0.717, 1.165) is 17.0 Å². The number of methoxy groups -OCH3 is 3. The monoisotopic (exact) mass is 480 g/mol. The fraction of sp³-hybridized carbons (Fsp3) is 0.200. The van der Waals surface area contributed by atoms with E-state index in [4.69, 9.17) is 23.4 Å². The number of benzene rings is 2. The van der Waals surface area contributed by atoms with E-state index >= 15 is 0 Å². The summed E-state index contributed by atoms with van der Waals surface area (Å²) in [6, 6.07) is 14.5. The molecule has 4 aromatic rings. The number of thiazole rings is 1. The van der Waals surface area contributed by atoms with Crippen LogP contribution in [0.3, 0.4) is 0 Å². The predicted molar refractivity (Wildman–Crippen MR) is 129 cm³/mol. The minimum absolute atomic E-state index is 0.196. The molecule has 2 heterocycles. The summed E-state index contributed by atoms with van der Waals surface area (Å²) in [7, 11) is 4.77. The van der Waals surface area contributed by atoms with Crippen LogP contribution in [0.2, 0.25) is 0 Å². The van der Waals surface area contributed by atoms with Gasteiger partial charge in [0.2, 0.25) is 0 Å². The molecule has 0 bridgehead atoms. The zero-order valence-electron chi connectivity index (χ0n) is 19.2. The number of aryl methyl sites for hydroxylation is 1. The molecule has 176 valence electrons. The van der Waals surface area contributed by atoms with Gasteiger partial charge in [0.1, 0.15) is 29.6 Å². The number of furan rings is 1. The topological polar surface area (TPSA) is 92.1 Å². The van der Waals surface area contributed by atoms with Crippen LogP contribution in [0.25, 0.3) is 11.3 Å². The Bertz CT molecular complexity index is 1280. The summed E-state index contributed by atoms with van der Waals surface area (Å²) in [5.74, 6) is 3.41. The number of hydrogen-bond donors (Lipinski definition) is 1. The van der Waals surface area contributed by atoms with Crippen LogP contribution in [0, 0.1) is 6.92 Å². The van der Waals surface area contributed by atoms with E-state index in [-0.39, 0.29) is 12.5 Å². The number of nitrogens with zero attached hydrogens (tertiary/aromatic N) is 1. The third-order valence-corrected chi connectivity index (χ3v) is 5.82. The van der Waals surface area contributed by atoms with Crippen molar-refractivity contribution in [3.05, 3.63) is 71.0 Å². The highest BCUT2D eigenvalue weighted by Gasteiger charge is 2.17. The van der Waals surface area contributed by atoms with Gasteiger partial charge in [0.05, 0.1) is 32.6 Å². The number of carbonyl (C=O) groups is 1. The number of nitrogens with one attached hydrogen (secondary N) is 1. The molecule has 0 atom stereocenters. The number of amides is 1. The van der Waals surface area contributed by atoms with E-state index in [1.54, 1.807) is 46.5 Å².